The molecule has 0 aliphatic rings. The Kier molecular flexibility index (Phi) is 6.47. The van der Waals surface area contributed by atoms with Crippen molar-refractivity contribution in [3.8, 4) is 0 Å². The lowest BCUT2D eigenvalue weighted by molar-refractivity contribution is -0.168. The van der Waals surface area contributed by atoms with E-state index in [1.165, 1.54) is 14.2 Å². The number of hydrogen-bond acceptors (Lipinski definition) is 4. The van der Waals surface area contributed by atoms with E-state index < -0.39 is 28.8 Å². The van der Waals surface area contributed by atoms with E-state index in [2.05, 4.69) is 20.9 Å². The van der Waals surface area contributed by atoms with Gasteiger partial charge in [-0.25, -0.2) is 18.6 Å². The number of benzene rings is 2. The molecule has 1 amide bonds. The summed E-state index contributed by atoms with van der Waals surface area (Å²) in [7, 11) is 2.67. The second-order valence-corrected chi connectivity index (χ2v) is 7.51. The smallest absolute Gasteiger partial charge is 0.307 e. The molecule has 2 aromatic carbocycles. The monoisotopic (exact) mass is 481 g/mol. The van der Waals surface area contributed by atoms with Crippen molar-refractivity contribution in [3.05, 3.63) is 78.4 Å². The van der Waals surface area contributed by atoms with Gasteiger partial charge in [-0.05, 0) is 24.1 Å². The van der Waals surface area contributed by atoms with Crippen LogP contribution in [0, 0.1) is 11.6 Å². The van der Waals surface area contributed by atoms with Crippen molar-refractivity contribution in [3.63, 3.8) is 0 Å². The van der Waals surface area contributed by atoms with Crippen LogP contribution in [0.3, 0.4) is 0 Å². The van der Waals surface area contributed by atoms with Crippen LogP contribution in [0.2, 0.25) is 0 Å². The summed E-state index contributed by atoms with van der Waals surface area (Å²) in [5.74, 6) is -2.92. The van der Waals surface area contributed by atoms with Gasteiger partial charge >= 0.3 is 5.69 Å². The van der Waals surface area contributed by atoms with E-state index in [0.29, 0.717) is 5.56 Å². The van der Waals surface area contributed by atoms with E-state index in [4.69, 9.17) is 4.84 Å². The van der Waals surface area contributed by atoms with Crippen LogP contribution in [-0.4, -0.2) is 34.7 Å². The number of aromatic amines is 1. The van der Waals surface area contributed by atoms with Crippen molar-refractivity contribution >= 4 is 32.7 Å². The summed E-state index contributed by atoms with van der Waals surface area (Å²) in [5, 5.41) is 0.783. The van der Waals surface area contributed by atoms with Gasteiger partial charge in [0.05, 0.1) is 24.6 Å². The summed E-state index contributed by atoms with van der Waals surface area (Å²) >= 11 is 3.31. The molecule has 0 spiro atoms. The Bertz CT molecular complexity index is 1220. The summed E-state index contributed by atoms with van der Waals surface area (Å²) in [6, 6.07) is 7.74. The maximum absolute atomic E-state index is 14.6. The molecule has 0 aliphatic carbocycles. The molecule has 0 aliphatic heterocycles. The van der Waals surface area contributed by atoms with Gasteiger partial charge in [-0.3, -0.25) is 19.0 Å². The second-order valence-electron chi connectivity index (χ2n) is 6.60. The minimum atomic E-state index is -1.23. The molecular weight excluding hydrogens is 464 g/mol. The molecule has 0 bridgehead atoms. The Morgan fingerprint density at radius 3 is 2.53 bits per heavy atom. The standard InChI is InChI=1S/C20H18BrF2N3O4/c1-25(30-2)16(27)8-7-13-17-15(9-14(22)18(13)23)24-20(29)26(19(17)28)10-11-3-5-12(21)6-4-11/h3-6,9H,7-8,10H2,1-2H3,(H,24,29). The molecule has 30 heavy (non-hydrogen) atoms. The number of aromatic nitrogens is 2. The first kappa shape index (κ1) is 21.8. The molecule has 0 radical (unpaired) electrons. The maximum atomic E-state index is 14.6. The highest BCUT2D eigenvalue weighted by Crippen LogP contribution is 2.22. The van der Waals surface area contributed by atoms with Crippen molar-refractivity contribution < 1.29 is 18.4 Å². The van der Waals surface area contributed by atoms with Crippen LogP contribution in [0.4, 0.5) is 8.78 Å². The van der Waals surface area contributed by atoms with Crippen molar-refractivity contribution in [1.29, 1.82) is 0 Å². The normalized spacial score (nSPS) is 11.1. The lowest BCUT2D eigenvalue weighted by atomic mass is 10.0. The zero-order valence-electron chi connectivity index (χ0n) is 16.2. The van der Waals surface area contributed by atoms with Crippen molar-refractivity contribution in [2.24, 2.45) is 0 Å². The summed E-state index contributed by atoms with van der Waals surface area (Å²) < 4.78 is 30.4. The molecule has 0 fully saturated rings. The van der Waals surface area contributed by atoms with Crippen molar-refractivity contribution in [1.82, 2.24) is 14.6 Å². The summed E-state index contributed by atoms with van der Waals surface area (Å²) in [4.78, 5) is 44.7. The average Bonchev–Trinajstić information content (AvgIpc) is 2.72. The molecular formula is C20H18BrF2N3O4. The van der Waals surface area contributed by atoms with Crippen LogP contribution in [-0.2, 0) is 22.6 Å². The van der Waals surface area contributed by atoms with Gasteiger partial charge < -0.3 is 4.98 Å². The fourth-order valence-electron chi connectivity index (χ4n) is 3.07. The van der Waals surface area contributed by atoms with E-state index >= 15 is 0 Å². The number of hydroxylamine groups is 2. The molecule has 158 valence electrons. The Morgan fingerprint density at radius 1 is 1.23 bits per heavy atom. The third-order valence-electron chi connectivity index (χ3n) is 4.73. The third kappa shape index (κ3) is 4.34. The van der Waals surface area contributed by atoms with Gasteiger partial charge in [0.1, 0.15) is 0 Å². The lowest BCUT2D eigenvalue weighted by Gasteiger charge is -2.15. The molecule has 7 nitrogen and oxygen atoms in total. The Balaban J connectivity index is 2.12. The number of amides is 1. The van der Waals surface area contributed by atoms with Crippen LogP contribution in [0.15, 0.2) is 44.4 Å². The number of rotatable bonds is 6. The number of carbonyl (C=O) groups is 1. The maximum Gasteiger partial charge on any atom is 0.329 e. The first-order chi connectivity index (χ1) is 14.2. The van der Waals surface area contributed by atoms with Crippen LogP contribution in [0.1, 0.15) is 17.5 Å². The van der Waals surface area contributed by atoms with Crippen LogP contribution >= 0.6 is 15.9 Å². The Morgan fingerprint density at radius 2 is 1.90 bits per heavy atom. The zero-order valence-corrected chi connectivity index (χ0v) is 17.8. The molecule has 0 saturated heterocycles. The van der Waals surface area contributed by atoms with Gasteiger partial charge in [0, 0.05) is 29.6 Å². The van der Waals surface area contributed by atoms with Crippen molar-refractivity contribution in [2.75, 3.05) is 14.2 Å². The second kappa shape index (κ2) is 8.88. The largest absolute Gasteiger partial charge is 0.329 e. The quantitative estimate of drug-likeness (QED) is 0.548. The predicted octanol–water partition coefficient (Wildman–Crippen LogP) is 2.73. The Labute approximate surface area is 178 Å². The van der Waals surface area contributed by atoms with Gasteiger partial charge in [0.2, 0.25) is 5.91 Å². The minimum Gasteiger partial charge on any atom is -0.307 e. The summed E-state index contributed by atoms with van der Waals surface area (Å²) in [6.45, 7) is -0.0544. The summed E-state index contributed by atoms with van der Waals surface area (Å²) in [5.41, 5.74) is -1.24. The molecule has 0 saturated carbocycles. The number of aryl methyl sites for hydroxylation is 1. The highest BCUT2D eigenvalue weighted by molar-refractivity contribution is 9.10. The zero-order chi connectivity index (χ0) is 22.0. The van der Waals surface area contributed by atoms with E-state index in [1.54, 1.807) is 24.3 Å². The molecule has 0 unspecified atom stereocenters. The van der Waals surface area contributed by atoms with Crippen LogP contribution in [0.25, 0.3) is 10.9 Å². The minimum absolute atomic E-state index is 0.0544. The van der Waals surface area contributed by atoms with Gasteiger partial charge in [-0.1, -0.05) is 28.1 Å². The summed E-state index contributed by atoms with van der Waals surface area (Å²) in [6.07, 6.45) is -0.461. The van der Waals surface area contributed by atoms with Gasteiger partial charge in [0.15, 0.2) is 11.6 Å². The average molecular weight is 482 g/mol. The topological polar surface area (TPSA) is 84.4 Å². The van der Waals surface area contributed by atoms with Gasteiger partial charge in [0.25, 0.3) is 5.56 Å². The first-order valence-electron chi connectivity index (χ1n) is 8.91. The van der Waals surface area contributed by atoms with Crippen LogP contribution < -0.4 is 11.2 Å². The number of fused-ring (bicyclic) bond motifs is 1. The lowest BCUT2D eigenvalue weighted by Crippen LogP contribution is -2.36. The number of carbonyl (C=O) groups excluding carboxylic acids is 1. The molecule has 1 heterocycles. The third-order valence-corrected chi connectivity index (χ3v) is 5.26. The van der Waals surface area contributed by atoms with Crippen LogP contribution in [0.5, 0.6) is 0 Å². The fourth-order valence-corrected chi connectivity index (χ4v) is 3.34. The van der Waals surface area contributed by atoms with E-state index in [0.717, 1.165) is 20.2 Å². The number of halogens is 3. The molecule has 1 N–H and O–H groups in total. The number of H-pyrrole nitrogens is 1. The number of nitrogens with zero attached hydrogens (tertiary/aromatic N) is 2. The molecule has 1 aromatic heterocycles. The first-order valence-corrected chi connectivity index (χ1v) is 9.71. The Hall–Kier alpha value is -2.85. The molecule has 10 heteroatoms. The highest BCUT2D eigenvalue weighted by atomic mass is 79.9. The van der Waals surface area contributed by atoms with E-state index in [-0.39, 0.29) is 35.9 Å². The molecule has 0 atom stereocenters. The van der Waals surface area contributed by atoms with Gasteiger partial charge in [-0.15, -0.1) is 0 Å². The van der Waals surface area contributed by atoms with Crippen molar-refractivity contribution in [2.45, 2.75) is 19.4 Å². The molecule has 3 rings (SSSR count). The highest BCUT2D eigenvalue weighted by Gasteiger charge is 2.21. The predicted molar refractivity (Wildman–Crippen MR) is 110 cm³/mol. The number of nitrogens with one attached hydrogen (secondary N) is 1. The molecule has 3 aromatic rings. The van der Waals surface area contributed by atoms with E-state index in [9.17, 15) is 23.2 Å². The SMILES string of the molecule is CON(C)C(=O)CCc1c(F)c(F)cc2[nH]c(=O)n(Cc3ccc(Br)cc3)c(=O)c12. The fraction of sp³-hybridized carbons (Fsp3) is 0.250. The number of hydrogen-bond donors (Lipinski definition) is 1. The van der Waals surface area contributed by atoms with E-state index in [1.807, 2.05) is 0 Å². The van der Waals surface area contributed by atoms with Gasteiger partial charge in [-0.2, -0.15) is 0 Å².